The van der Waals surface area contributed by atoms with Crippen LogP contribution >= 0.6 is 12.4 Å². The Balaban J connectivity index is 0.00000112. The summed E-state index contributed by atoms with van der Waals surface area (Å²) in [6.07, 6.45) is 4.05. The average Bonchev–Trinajstić information content (AvgIpc) is 2.18. The summed E-state index contributed by atoms with van der Waals surface area (Å²) < 4.78 is 0. The maximum Gasteiger partial charge on any atom is 0.225 e. The van der Waals surface area contributed by atoms with Gasteiger partial charge in [0.1, 0.15) is 0 Å². The lowest BCUT2D eigenvalue weighted by Crippen LogP contribution is -2.43. The second-order valence-corrected chi connectivity index (χ2v) is 3.85. The van der Waals surface area contributed by atoms with E-state index in [0.29, 0.717) is 0 Å². The molecule has 2 N–H and O–H groups in total. The van der Waals surface area contributed by atoms with E-state index in [-0.39, 0.29) is 18.4 Å². The standard InChI is InChI=1S/C10H16N4.ClH/c1-8-4-5-12-10(13-8)14-6-2-3-9(11)7-14;/h4-5,9H,2-3,6-7,11H2,1H3;1H. The summed E-state index contributed by atoms with van der Waals surface area (Å²) in [5.41, 5.74) is 6.91. The molecule has 15 heavy (non-hydrogen) atoms. The maximum atomic E-state index is 5.90. The van der Waals surface area contributed by atoms with Crippen LogP contribution in [-0.4, -0.2) is 29.1 Å². The highest BCUT2D eigenvalue weighted by Gasteiger charge is 2.18. The van der Waals surface area contributed by atoms with Crippen molar-refractivity contribution >= 4 is 18.4 Å². The monoisotopic (exact) mass is 228 g/mol. The van der Waals surface area contributed by atoms with E-state index >= 15 is 0 Å². The van der Waals surface area contributed by atoms with Crippen LogP contribution < -0.4 is 10.6 Å². The first-order valence-electron chi connectivity index (χ1n) is 5.06. The minimum atomic E-state index is 0. The number of rotatable bonds is 1. The number of nitrogens with two attached hydrogens (primary N) is 1. The van der Waals surface area contributed by atoms with Gasteiger partial charge in [0.15, 0.2) is 0 Å². The highest BCUT2D eigenvalue weighted by molar-refractivity contribution is 5.85. The first-order chi connectivity index (χ1) is 6.75. The van der Waals surface area contributed by atoms with Gasteiger partial charge in [0, 0.05) is 31.0 Å². The summed E-state index contributed by atoms with van der Waals surface area (Å²) in [6.45, 7) is 3.88. The van der Waals surface area contributed by atoms with Crippen LogP contribution in [-0.2, 0) is 0 Å². The van der Waals surface area contributed by atoms with Crippen molar-refractivity contribution in [1.29, 1.82) is 0 Å². The van der Waals surface area contributed by atoms with Crippen molar-refractivity contribution < 1.29 is 0 Å². The second kappa shape index (κ2) is 5.28. The van der Waals surface area contributed by atoms with Crippen LogP contribution in [0, 0.1) is 6.92 Å². The minimum absolute atomic E-state index is 0. The van der Waals surface area contributed by atoms with E-state index in [0.717, 1.165) is 37.6 Å². The summed E-state index contributed by atoms with van der Waals surface area (Å²) in [5, 5.41) is 0. The molecular formula is C10H17ClN4. The molecule has 84 valence electrons. The number of aromatic nitrogens is 2. The molecule has 0 aromatic carbocycles. The zero-order valence-electron chi connectivity index (χ0n) is 8.89. The van der Waals surface area contributed by atoms with Gasteiger partial charge < -0.3 is 10.6 Å². The van der Waals surface area contributed by atoms with Gasteiger partial charge in [0.25, 0.3) is 0 Å². The second-order valence-electron chi connectivity index (χ2n) is 3.85. The number of hydrogen-bond acceptors (Lipinski definition) is 4. The normalized spacial score (nSPS) is 20.9. The van der Waals surface area contributed by atoms with Crippen LogP contribution in [0.4, 0.5) is 5.95 Å². The molecule has 1 fully saturated rings. The van der Waals surface area contributed by atoms with Gasteiger partial charge >= 0.3 is 0 Å². The Morgan fingerprint density at radius 1 is 1.53 bits per heavy atom. The SMILES string of the molecule is Cc1ccnc(N2CCCC(N)C2)n1.Cl. The Morgan fingerprint density at radius 3 is 3.00 bits per heavy atom. The predicted molar refractivity (Wildman–Crippen MR) is 63.4 cm³/mol. The summed E-state index contributed by atoms with van der Waals surface area (Å²) in [5.74, 6) is 0.820. The van der Waals surface area contributed by atoms with Crippen LogP contribution in [0.2, 0.25) is 0 Å². The Labute approximate surface area is 96.3 Å². The van der Waals surface area contributed by atoms with Crippen molar-refractivity contribution in [2.24, 2.45) is 5.73 Å². The highest BCUT2D eigenvalue weighted by Crippen LogP contribution is 2.14. The molecular weight excluding hydrogens is 212 g/mol. The molecule has 1 unspecified atom stereocenters. The zero-order valence-corrected chi connectivity index (χ0v) is 9.70. The molecule has 1 aromatic heterocycles. The van der Waals surface area contributed by atoms with Gasteiger partial charge in [0.2, 0.25) is 5.95 Å². The van der Waals surface area contributed by atoms with E-state index in [9.17, 15) is 0 Å². The van der Waals surface area contributed by atoms with Gasteiger partial charge in [-0.1, -0.05) is 0 Å². The molecule has 2 rings (SSSR count). The number of anilines is 1. The molecule has 0 bridgehead atoms. The molecule has 0 radical (unpaired) electrons. The lowest BCUT2D eigenvalue weighted by molar-refractivity contribution is 0.499. The van der Waals surface area contributed by atoms with E-state index in [4.69, 9.17) is 5.73 Å². The predicted octanol–water partition coefficient (Wildman–Crippen LogP) is 1.13. The number of halogens is 1. The molecule has 1 atom stereocenters. The van der Waals surface area contributed by atoms with Crippen molar-refractivity contribution in [1.82, 2.24) is 9.97 Å². The maximum absolute atomic E-state index is 5.90. The fourth-order valence-corrected chi connectivity index (χ4v) is 1.78. The Bertz CT molecular complexity index is 318. The van der Waals surface area contributed by atoms with E-state index in [1.54, 1.807) is 6.20 Å². The molecule has 1 aliphatic heterocycles. The van der Waals surface area contributed by atoms with Gasteiger partial charge in [-0.05, 0) is 25.8 Å². The molecule has 0 amide bonds. The molecule has 5 heteroatoms. The first-order valence-corrected chi connectivity index (χ1v) is 5.06. The molecule has 1 aromatic rings. The van der Waals surface area contributed by atoms with E-state index in [1.165, 1.54) is 0 Å². The molecule has 1 aliphatic rings. The molecule has 1 saturated heterocycles. The lowest BCUT2D eigenvalue weighted by Gasteiger charge is -2.30. The quantitative estimate of drug-likeness (QED) is 0.783. The van der Waals surface area contributed by atoms with Crippen LogP contribution in [0.3, 0.4) is 0 Å². The Morgan fingerprint density at radius 2 is 2.33 bits per heavy atom. The number of piperidine rings is 1. The molecule has 0 spiro atoms. The molecule has 0 saturated carbocycles. The van der Waals surface area contributed by atoms with E-state index in [1.807, 2.05) is 13.0 Å². The smallest absolute Gasteiger partial charge is 0.225 e. The molecule has 0 aliphatic carbocycles. The van der Waals surface area contributed by atoms with Crippen LogP contribution in [0.15, 0.2) is 12.3 Å². The number of hydrogen-bond donors (Lipinski definition) is 1. The number of aryl methyl sites for hydroxylation is 1. The first kappa shape index (κ1) is 12.2. The fraction of sp³-hybridized carbons (Fsp3) is 0.600. The highest BCUT2D eigenvalue weighted by atomic mass is 35.5. The van der Waals surface area contributed by atoms with Gasteiger partial charge in [-0.2, -0.15) is 0 Å². The largest absolute Gasteiger partial charge is 0.339 e. The third kappa shape index (κ3) is 3.04. The summed E-state index contributed by atoms with van der Waals surface area (Å²) in [7, 11) is 0. The zero-order chi connectivity index (χ0) is 9.97. The van der Waals surface area contributed by atoms with Crippen molar-refractivity contribution in [3.8, 4) is 0 Å². The van der Waals surface area contributed by atoms with Gasteiger partial charge in [-0.3, -0.25) is 0 Å². The summed E-state index contributed by atoms with van der Waals surface area (Å²) in [6, 6.07) is 2.18. The van der Waals surface area contributed by atoms with Gasteiger partial charge in [0.05, 0.1) is 0 Å². The molecule has 2 heterocycles. The van der Waals surface area contributed by atoms with E-state index in [2.05, 4.69) is 14.9 Å². The average molecular weight is 229 g/mol. The van der Waals surface area contributed by atoms with Crippen LogP contribution in [0.1, 0.15) is 18.5 Å². The molecule has 4 nitrogen and oxygen atoms in total. The Hall–Kier alpha value is -0.870. The van der Waals surface area contributed by atoms with Crippen LogP contribution in [0.25, 0.3) is 0 Å². The van der Waals surface area contributed by atoms with E-state index < -0.39 is 0 Å². The minimum Gasteiger partial charge on any atom is -0.339 e. The fourth-order valence-electron chi connectivity index (χ4n) is 1.78. The van der Waals surface area contributed by atoms with Crippen molar-refractivity contribution in [3.05, 3.63) is 18.0 Å². The van der Waals surface area contributed by atoms with Crippen molar-refractivity contribution in [2.75, 3.05) is 18.0 Å². The summed E-state index contributed by atoms with van der Waals surface area (Å²) in [4.78, 5) is 10.8. The third-order valence-corrected chi connectivity index (χ3v) is 2.52. The number of nitrogens with zero attached hydrogens (tertiary/aromatic N) is 3. The van der Waals surface area contributed by atoms with Crippen molar-refractivity contribution in [2.45, 2.75) is 25.8 Å². The topological polar surface area (TPSA) is 55.0 Å². The van der Waals surface area contributed by atoms with Gasteiger partial charge in [-0.25, -0.2) is 9.97 Å². The summed E-state index contributed by atoms with van der Waals surface area (Å²) >= 11 is 0. The van der Waals surface area contributed by atoms with Crippen LogP contribution in [0.5, 0.6) is 0 Å². The van der Waals surface area contributed by atoms with Crippen molar-refractivity contribution in [3.63, 3.8) is 0 Å². The Kier molecular flexibility index (Phi) is 4.29. The lowest BCUT2D eigenvalue weighted by atomic mass is 10.1. The van der Waals surface area contributed by atoms with Gasteiger partial charge in [-0.15, -0.1) is 12.4 Å². The third-order valence-electron chi connectivity index (χ3n) is 2.52.